The number of nitrogens with one attached hydrogen (secondary N) is 1. The summed E-state index contributed by atoms with van der Waals surface area (Å²) in [6.45, 7) is 7.09. The average Bonchev–Trinajstić information content (AvgIpc) is 3.32. The Labute approximate surface area is 198 Å². The fourth-order valence-electron chi connectivity index (χ4n) is 5.73. The van der Waals surface area contributed by atoms with Crippen molar-refractivity contribution in [2.24, 2.45) is 11.7 Å². The number of ether oxygens (including phenoxy) is 1. The first-order valence-electron chi connectivity index (χ1n) is 12.7. The van der Waals surface area contributed by atoms with E-state index in [0.29, 0.717) is 31.5 Å². The zero-order valence-corrected chi connectivity index (χ0v) is 20.2. The van der Waals surface area contributed by atoms with Crippen LogP contribution in [-0.2, 0) is 14.3 Å². The Morgan fingerprint density at radius 1 is 1.15 bits per heavy atom. The van der Waals surface area contributed by atoms with Crippen LogP contribution in [0.5, 0.6) is 0 Å². The van der Waals surface area contributed by atoms with Crippen LogP contribution < -0.4 is 20.9 Å². The maximum absolute atomic E-state index is 13.4. The molecule has 7 heteroatoms. The second-order valence-electron chi connectivity index (χ2n) is 10.1. The van der Waals surface area contributed by atoms with Gasteiger partial charge in [0.05, 0.1) is 17.4 Å². The molecule has 1 aromatic carbocycles. The molecule has 1 unspecified atom stereocenters. The number of nitrogens with two attached hydrogens (primary N) is 1. The van der Waals surface area contributed by atoms with E-state index in [0.717, 1.165) is 62.4 Å². The maximum atomic E-state index is 13.4. The Bertz CT molecular complexity index is 833. The lowest BCUT2D eigenvalue weighted by molar-refractivity contribution is -0.120. The van der Waals surface area contributed by atoms with Crippen molar-refractivity contribution in [3.63, 3.8) is 0 Å². The van der Waals surface area contributed by atoms with Gasteiger partial charge in [-0.1, -0.05) is 18.9 Å². The third-order valence-corrected chi connectivity index (χ3v) is 7.65. The monoisotopic (exact) mass is 456 g/mol. The van der Waals surface area contributed by atoms with Gasteiger partial charge in [-0.2, -0.15) is 0 Å². The Morgan fingerprint density at radius 3 is 2.55 bits per heavy atom. The summed E-state index contributed by atoms with van der Waals surface area (Å²) in [5, 5.41) is 3.66. The molecule has 1 saturated heterocycles. The SMILES string of the molecule is CC(=O)N1c2ccc(C(CN)CNC3CCOCC3)cc2N(C(=O)CC2CCCC2)C[C@@H]1C. The van der Waals surface area contributed by atoms with Crippen LogP contribution >= 0.6 is 0 Å². The highest BCUT2D eigenvalue weighted by atomic mass is 16.5. The van der Waals surface area contributed by atoms with Gasteiger partial charge in [-0.25, -0.2) is 0 Å². The second-order valence-corrected chi connectivity index (χ2v) is 10.1. The molecule has 2 aliphatic heterocycles. The van der Waals surface area contributed by atoms with Crippen LogP contribution in [0.3, 0.4) is 0 Å². The fraction of sp³-hybridized carbons (Fsp3) is 0.692. The molecule has 0 radical (unpaired) electrons. The predicted octanol–water partition coefficient (Wildman–Crippen LogP) is 3.17. The molecule has 0 aromatic heterocycles. The summed E-state index contributed by atoms with van der Waals surface area (Å²) < 4.78 is 5.47. The lowest BCUT2D eigenvalue weighted by atomic mass is 9.94. The van der Waals surface area contributed by atoms with E-state index < -0.39 is 0 Å². The van der Waals surface area contributed by atoms with Crippen molar-refractivity contribution in [2.45, 2.75) is 76.8 Å². The van der Waals surface area contributed by atoms with E-state index in [2.05, 4.69) is 17.4 Å². The van der Waals surface area contributed by atoms with Crippen LogP contribution in [0.15, 0.2) is 18.2 Å². The van der Waals surface area contributed by atoms with Crippen molar-refractivity contribution in [1.29, 1.82) is 0 Å². The third-order valence-electron chi connectivity index (χ3n) is 7.65. The normalized spacial score (nSPS) is 22.9. The van der Waals surface area contributed by atoms with Crippen molar-refractivity contribution < 1.29 is 14.3 Å². The third kappa shape index (κ3) is 5.58. The molecule has 2 amide bonds. The molecular weight excluding hydrogens is 416 g/mol. The zero-order valence-electron chi connectivity index (χ0n) is 20.2. The van der Waals surface area contributed by atoms with Gasteiger partial charge in [0, 0.05) is 58.2 Å². The smallest absolute Gasteiger partial charge is 0.227 e. The summed E-state index contributed by atoms with van der Waals surface area (Å²) in [4.78, 5) is 29.6. The first-order valence-corrected chi connectivity index (χ1v) is 12.7. The minimum Gasteiger partial charge on any atom is -0.381 e. The van der Waals surface area contributed by atoms with E-state index in [1.807, 2.05) is 22.8 Å². The van der Waals surface area contributed by atoms with Gasteiger partial charge >= 0.3 is 0 Å². The van der Waals surface area contributed by atoms with E-state index in [1.165, 1.54) is 12.8 Å². The van der Waals surface area contributed by atoms with Crippen molar-refractivity contribution in [2.75, 3.05) is 42.6 Å². The largest absolute Gasteiger partial charge is 0.381 e. The molecule has 7 nitrogen and oxygen atoms in total. The number of rotatable bonds is 7. The molecule has 0 bridgehead atoms. The number of carbonyl (C=O) groups is 2. The Balaban J connectivity index is 1.57. The van der Waals surface area contributed by atoms with Gasteiger partial charge < -0.3 is 25.6 Å². The lowest BCUT2D eigenvalue weighted by Crippen LogP contribution is -2.51. The minimum atomic E-state index is -0.0473. The summed E-state index contributed by atoms with van der Waals surface area (Å²) >= 11 is 0. The molecule has 1 aliphatic carbocycles. The van der Waals surface area contributed by atoms with E-state index >= 15 is 0 Å². The summed E-state index contributed by atoms with van der Waals surface area (Å²) in [6.07, 6.45) is 7.40. The summed E-state index contributed by atoms with van der Waals surface area (Å²) in [7, 11) is 0. The molecule has 4 rings (SSSR count). The van der Waals surface area contributed by atoms with Crippen LogP contribution in [0.25, 0.3) is 0 Å². The molecular formula is C26H40N4O3. The van der Waals surface area contributed by atoms with Crippen molar-refractivity contribution in [3.8, 4) is 0 Å². The first-order chi connectivity index (χ1) is 16.0. The number of hydrogen-bond acceptors (Lipinski definition) is 5. The highest BCUT2D eigenvalue weighted by Gasteiger charge is 2.35. The van der Waals surface area contributed by atoms with Crippen LogP contribution in [0, 0.1) is 5.92 Å². The molecule has 0 spiro atoms. The highest BCUT2D eigenvalue weighted by molar-refractivity contribution is 6.04. The molecule has 1 aromatic rings. The molecule has 1 saturated carbocycles. The van der Waals surface area contributed by atoms with Crippen LogP contribution in [0.2, 0.25) is 0 Å². The molecule has 3 aliphatic rings. The Kier molecular flexibility index (Phi) is 8.04. The average molecular weight is 457 g/mol. The molecule has 182 valence electrons. The van der Waals surface area contributed by atoms with Crippen LogP contribution in [-0.4, -0.2) is 56.7 Å². The van der Waals surface area contributed by atoms with Gasteiger partial charge in [0.15, 0.2) is 0 Å². The van der Waals surface area contributed by atoms with Crippen molar-refractivity contribution in [3.05, 3.63) is 23.8 Å². The quantitative estimate of drug-likeness (QED) is 0.658. The molecule has 3 N–H and O–H groups in total. The van der Waals surface area contributed by atoms with Gasteiger partial charge in [-0.3, -0.25) is 9.59 Å². The predicted molar refractivity (Wildman–Crippen MR) is 132 cm³/mol. The lowest BCUT2D eigenvalue weighted by Gasteiger charge is -2.41. The van der Waals surface area contributed by atoms with Gasteiger partial charge in [0.2, 0.25) is 11.8 Å². The van der Waals surface area contributed by atoms with Gasteiger partial charge in [0.1, 0.15) is 0 Å². The zero-order chi connectivity index (χ0) is 23.4. The van der Waals surface area contributed by atoms with E-state index in [9.17, 15) is 9.59 Å². The van der Waals surface area contributed by atoms with Gasteiger partial charge in [0.25, 0.3) is 0 Å². The van der Waals surface area contributed by atoms with Crippen molar-refractivity contribution >= 4 is 23.2 Å². The standard InChI is InChI=1S/C26H40N4O3/c1-18-17-29(26(32)13-20-5-3-4-6-20)25-14-21(7-8-24(25)30(18)19(2)31)22(15-27)16-28-23-9-11-33-12-10-23/h7-8,14,18,20,22-23,28H,3-6,9-13,15-17,27H2,1-2H3/t18-,22?/m0/s1. The number of anilines is 2. The topological polar surface area (TPSA) is 87.9 Å². The number of benzene rings is 1. The van der Waals surface area contributed by atoms with E-state index in [4.69, 9.17) is 10.5 Å². The molecule has 2 atom stereocenters. The number of amides is 2. The van der Waals surface area contributed by atoms with Gasteiger partial charge in [-0.05, 0) is 56.2 Å². The Hall–Kier alpha value is -1.96. The summed E-state index contributed by atoms with van der Waals surface area (Å²) in [5.41, 5.74) is 8.99. The van der Waals surface area contributed by atoms with E-state index in [-0.39, 0.29) is 23.8 Å². The second kappa shape index (κ2) is 11.0. The first kappa shape index (κ1) is 24.2. The van der Waals surface area contributed by atoms with Crippen molar-refractivity contribution in [1.82, 2.24) is 5.32 Å². The number of fused-ring (bicyclic) bond motifs is 1. The summed E-state index contributed by atoms with van der Waals surface area (Å²) in [6, 6.07) is 6.61. The minimum absolute atomic E-state index is 0.0101. The number of carbonyl (C=O) groups excluding carboxylic acids is 2. The van der Waals surface area contributed by atoms with E-state index in [1.54, 1.807) is 6.92 Å². The number of nitrogens with zero attached hydrogens (tertiary/aromatic N) is 2. The van der Waals surface area contributed by atoms with Crippen LogP contribution in [0.1, 0.15) is 70.3 Å². The Morgan fingerprint density at radius 2 is 1.88 bits per heavy atom. The highest BCUT2D eigenvalue weighted by Crippen LogP contribution is 2.39. The van der Waals surface area contributed by atoms with Crippen LogP contribution in [0.4, 0.5) is 11.4 Å². The summed E-state index contributed by atoms with van der Waals surface area (Å²) in [5.74, 6) is 0.830. The number of hydrogen-bond donors (Lipinski definition) is 2. The molecule has 33 heavy (non-hydrogen) atoms. The van der Waals surface area contributed by atoms with Gasteiger partial charge in [-0.15, -0.1) is 0 Å². The molecule has 2 heterocycles. The molecule has 2 fully saturated rings. The fourth-order valence-corrected chi connectivity index (χ4v) is 5.73. The maximum Gasteiger partial charge on any atom is 0.227 e.